The molecule has 1 N–H and O–H groups in total. The van der Waals surface area contributed by atoms with E-state index in [9.17, 15) is 18.0 Å². The average molecular weight is 441 g/mol. The van der Waals surface area contributed by atoms with Crippen molar-refractivity contribution in [2.75, 3.05) is 5.32 Å². The third-order valence-electron chi connectivity index (χ3n) is 3.00. The van der Waals surface area contributed by atoms with Crippen LogP contribution in [0.4, 0.5) is 18.9 Å². The van der Waals surface area contributed by atoms with Gasteiger partial charge < -0.3 is 5.32 Å². The molecule has 0 spiro atoms. The summed E-state index contributed by atoms with van der Waals surface area (Å²) in [6.07, 6.45) is 0. The molecule has 2 rings (SSSR count). The Balaban J connectivity index is 0.00000288. The van der Waals surface area contributed by atoms with Crippen LogP contribution in [-0.2, 0) is 4.79 Å². The van der Waals surface area contributed by atoms with Gasteiger partial charge in [0.2, 0.25) is 0 Å². The van der Waals surface area contributed by atoms with Gasteiger partial charge in [0, 0.05) is 61.4 Å². The van der Waals surface area contributed by atoms with E-state index in [1.165, 1.54) is 31.2 Å². The van der Waals surface area contributed by atoms with Crippen molar-refractivity contribution in [3.63, 3.8) is 0 Å². The normalized spacial score (nSPS) is 11.4. The molecule has 0 amide bonds. The molecule has 0 bridgehead atoms. The fourth-order valence-corrected chi connectivity index (χ4v) is 2.91. The number of rotatable bonds is 4. The molecule has 1 radical (unpaired) electrons. The van der Waals surface area contributed by atoms with Crippen molar-refractivity contribution in [3.8, 4) is 0 Å². The van der Waals surface area contributed by atoms with Gasteiger partial charge in [-0.25, -0.2) is 13.2 Å². The predicted octanol–water partition coefficient (Wildman–Crippen LogP) is 4.79. The zero-order valence-corrected chi connectivity index (χ0v) is 18.4. The first-order valence-electron chi connectivity index (χ1n) is 6.42. The maximum atomic E-state index is 13.7. The standard InChI is InChI=1S/C16H11BrF3NOS.K/c1-8(22)14(10-6-5-9(18)7-11(10)17)16(23)21-15-12(19)3-2-4-13(15)20;/h2-7,21,23H,1H3;. The Bertz CT molecular complexity index is 794. The Morgan fingerprint density at radius 3 is 2.21 bits per heavy atom. The molecule has 0 fully saturated rings. The summed E-state index contributed by atoms with van der Waals surface area (Å²) >= 11 is 7.32. The van der Waals surface area contributed by atoms with Crippen LogP contribution in [0.3, 0.4) is 0 Å². The van der Waals surface area contributed by atoms with Gasteiger partial charge in [0.25, 0.3) is 0 Å². The molecule has 2 aromatic carbocycles. The summed E-state index contributed by atoms with van der Waals surface area (Å²) in [4.78, 5) is 11.9. The van der Waals surface area contributed by atoms with E-state index in [-0.39, 0.29) is 62.0 Å². The second-order valence-corrected chi connectivity index (χ2v) is 5.93. The predicted molar refractivity (Wildman–Crippen MR) is 96.4 cm³/mol. The van der Waals surface area contributed by atoms with E-state index in [4.69, 9.17) is 0 Å². The van der Waals surface area contributed by atoms with Gasteiger partial charge in [-0.1, -0.05) is 28.1 Å². The van der Waals surface area contributed by atoms with Crippen molar-refractivity contribution >= 4 is 97.0 Å². The first kappa shape index (κ1) is 21.9. The molecule has 0 saturated heterocycles. The quantitative estimate of drug-likeness (QED) is 0.406. The van der Waals surface area contributed by atoms with Crippen molar-refractivity contribution in [1.29, 1.82) is 0 Å². The third kappa shape index (κ3) is 5.20. The Morgan fingerprint density at radius 1 is 1.12 bits per heavy atom. The van der Waals surface area contributed by atoms with Crippen LogP contribution in [0.2, 0.25) is 0 Å². The number of benzene rings is 2. The molecule has 2 aromatic rings. The number of allylic oxidation sites excluding steroid dienone is 1. The van der Waals surface area contributed by atoms with E-state index in [0.717, 1.165) is 12.1 Å². The van der Waals surface area contributed by atoms with Gasteiger partial charge in [-0.15, -0.1) is 12.6 Å². The molecular formula is C16H11BrF3KNOS. The van der Waals surface area contributed by atoms with E-state index in [0.29, 0.717) is 10.0 Å². The van der Waals surface area contributed by atoms with Gasteiger partial charge in [0.05, 0.1) is 10.6 Å². The number of halogens is 4. The second kappa shape index (κ2) is 9.56. The average Bonchev–Trinajstić information content (AvgIpc) is 2.45. The number of ketones is 1. The van der Waals surface area contributed by atoms with Crippen molar-refractivity contribution in [2.24, 2.45) is 0 Å². The molecule has 0 aromatic heterocycles. The summed E-state index contributed by atoms with van der Waals surface area (Å²) in [7, 11) is 0. The minimum atomic E-state index is -0.822. The number of nitrogens with one attached hydrogen (secondary N) is 1. The summed E-state index contributed by atoms with van der Waals surface area (Å²) in [6, 6.07) is 7.12. The van der Waals surface area contributed by atoms with Crippen LogP contribution in [0.15, 0.2) is 45.9 Å². The van der Waals surface area contributed by atoms with Crippen LogP contribution >= 0.6 is 28.6 Å². The number of anilines is 1. The monoisotopic (exact) mass is 440 g/mol. The molecule has 0 aliphatic rings. The molecule has 2 nitrogen and oxygen atoms in total. The Morgan fingerprint density at radius 2 is 1.71 bits per heavy atom. The van der Waals surface area contributed by atoms with Gasteiger partial charge in [-0.2, -0.15) is 0 Å². The minimum Gasteiger partial charge on any atom is -0.345 e. The van der Waals surface area contributed by atoms with Gasteiger partial charge in [0.15, 0.2) is 5.78 Å². The van der Waals surface area contributed by atoms with Crippen molar-refractivity contribution < 1.29 is 18.0 Å². The fourth-order valence-electron chi connectivity index (χ4n) is 1.97. The zero-order chi connectivity index (χ0) is 17.1. The minimum absolute atomic E-state index is 0. The van der Waals surface area contributed by atoms with Gasteiger partial charge in [-0.3, -0.25) is 4.79 Å². The van der Waals surface area contributed by atoms with Crippen LogP contribution in [0.5, 0.6) is 0 Å². The molecule has 0 unspecified atom stereocenters. The zero-order valence-electron chi connectivity index (χ0n) is 12.8. The summed E-state index contributed by atoms with van der Waals surface area (Å²) in [5, 5.41) is 2.41. The Labute approximate surface area is 193 Å². The number of carbonyl (C=O) groups excluding carboxylic acids is 1. The van der Waals surface area contributed by atoms with Crippen LogP contribution in [0.1, 0.15) is 12.5 Å². The number of hydrogen-bond donors (Lipinski definition) is 2. The number of Topliss-reactive ketones (excluding diaryl/α,β-unsaturated/α-hetero) is 1. The van der Waals surface area contributed by atoms with Crippen molar-refractivity contribution in [3.05, 3.63) is 68.9 Å². The largest absolute Gasteiger partial charge is 0.345 e. The number of carbonyl (C=O) groups is 1. The Kier molecular flexibility index (Phi) is 8.74. The third-order valence-corrected chi connectivity index (χ3v) is 3.99. The first-order valence-corrected chi connectivity index (χ1v) is 7.66. The summed E-state index contributed by atoms with van der Waals surface area (Å²) < 4.78 is 40.9. The summed E-state index contributed by atoms with van der Waals surface area (Å²) in [5.41, 5.74) is 0.00509. The fraction of sp³-hybridized carbons (Fsp3) is 0.0625. The van der Waals surface area contributed by atoms with Crippen molar-refractivity contribution in [1.82, 2.24) is 0 Å². The van der Waals surface area contributed by atoms with E-state index in [1.54, 1.807) is 0 Å². The number of para-hydroxylation sites is 1. The maximum absolute atomic E-state index is 13.7. The Hall–Kier alpha value is -0.0936. The van der Waals surface area contributed by atoms with Crippen LogP contribution in [0.25, 0.3) is 5.57 Å². The smallest absolute Gasteiger partial charge is 0.163 e. The maximum Gasteiger partial charge on any atom is 0.163 e. The molecule has 8 heteroatoms. The van der Waals surface area contributed by atoms with Crippen LogP contribution in [0, 0.1) is 17.5 Å². The molecule has 24 heavy (non-hydrogen) atoms. The van der Waals surface area contributed by atoms with E-state index >= 15 is 0 Å². The molecular weight excluding hydrogens is 430 g/mol. The van der Waals surface area contributed by atoms with Crippen molar-refractivity contribution in [2.45, 2.75) is 6.92 Å². The van der Waals surface area contributed by atoms with Gasteiger partial charge in [-0.05, 0) is 31.2 Å². The van der Waals surface area contributed by atoms with E-state index in [1.807, 2.05) is 0 Å². The van der Waals surface area contributed by atoms with E-state index in [2.05, 4.69) is 33.9 Å². The molecule has 121 valence electrons. The van der Waals surface area contributed by atoms with Crippen LogP contribution < -0.4 is 5.32 Å². The molecule has 0 saturated carbocycles. The van der Waals surface area contributed by atoms with Crippen LogP contribution in [-0.4, -0.2) is 57.2 Å². The summed E-state index contributed by atoms with van der Waals surface area (Å²) in [6.45, 7) is 1.28. The first-order chi connectivity index (χ1) is 10.8. The number of hydrogen-bond acceptors (Lipinski definition) is 3. The van der Waals surface area contributed by atoms with E-state index < -0.39 is 28.9 Å². The second-order valence-electron chi connectivity index (χ2n) is 4.63. The van der Waals surface area contributed by atoms with Gasteiger partial charge >= 0.3 is 0 Å². The van der Waals surface area contributed by atoms with Gasteiger partial charge in [0.1, 0.15) is 23.1 Å². The molecule has 0 aliphatic carbocycles. The topological polar surface area (TPSA) is 29.1 Å². The number of thiol groups is 1. The molecule has 0 atom stereocenters. The molecule has 0 aliphatic heterocycles. The SMILES string of the molecule is CC(=O)C(=C(S)Nc1c(F)cccc1F)c1ccc(F)cc1Br.[K]. The summed E-state index contributed by atoms with van der Waals surface area (Å²) in [5.74, 6) is -2.53. The molecule has 0 heterocycles.